The van der Waals surface area contributed by atoms with Gasteiger partial charge in [-0.3, -0.25) is 0 Å². The zero-order valence-corrected chi connectivity index (χ0v) is 23.3. The lowest BCUT2D eigenvalue weighted by atomic mass is 9.97. The number of ether oxygens (including phenoxy) is 1. The highest BCUT2D eigenvalue weighted by Crippen LogP contribution is 2.35. The summed E-state index contributed by atoms with van der Waals surface area (Å²) in [7, 11) is -3.24. The van der Waals surface area contributed by atoms with Crippen molar-refractivity contribution >= 4 is 15.5 Å². The van der Waals surface area contributed by atoms with Crippen LogP contribution in [0.4, 0.5) is 5.69 Å². The molecule has 7 heteroatoms. The predicted molar refractivity (Wildman–Crippen MR) is 148 cm³/mol. The normalized spacial score (nSPS) is 11.5. The maximum absolute atomic E-state index is 11.8. The second-order valence-electron chi connectivity index (χ2n) is 9.14. The molecule has 0 unspecified atom stereocenters. The summed E-state index contributed by atoms with van der Waals surface area (Å²) in [6.45, 7) is 12.7. The number of hydrogen-bond acceptors (Lipinski definition) is 6. The number of rotatable bonds is 12. The molecule has 0 bridgehead atoms. The molecule has 0 amide bonds. The van der Waals surface area contributed by atoms with Crippen LogP contribution >= 0.6 is 0 Å². The maximum Gasteiger partial charge on any atom is 0.241 e. The lowest BCUT2D eigenvalue weighted by Gasteiger charge is -2.27. The first-order chi connectivity index (χ1) is 17.2. The van der Waals surface area contributed by atoms with Crippen molar-refractivity contribution in [2.45, 2.75) is 71.8 Å². The molecule has 0 spiro atoms. The Morgan fingerprint density at radius 3 is 1.94 bits per heavy atom. The van der Waals surface area contributed by atoms with Gasteiger partial charge in [0.25, 0.3) is 0 Å². The van der Waals surface area contributed by atoms with Gasteiger partial charge in [-0.1, -0.05) is 58.0 Å². The first-order valence-electron chi connectivity index (χ1n) is 12.9. The lowest BCUT2D eigenvalue weighted by molar-refractivity contribution is 0.293. The van der Waals surface area contributed by atoms with Crippen molar-refractivity contribution in [3.05, 3.63) is 64.8 Å². The molecule has 0 saturated heterocycles. The zero-order chi connectivity index (χ0) is 26.3. The minimum atomic E-state index is -3.24. The van der Waals surface area contributed by atoms with E-state index >= 15 is 0 Å². The van der Waals surface area contributed by atoms with E-state index in [2.05, 4.69) is 50.8 Å². The molecule has 0 aliphatic carbocycles. The van der Waals surface area contributed by atoms with E-state index < -0.39 is 9.84 Å². The topological polar surface area (TPSA) is 72.4 Å². The Balaban J connectivity index is 2.09. The van der Waals surface area contributed by atoms with Crippen molar-refractivity contribution in [2.24, 2.45) is 0 Å². The Labute approximate surface area is 216 Å². The number of aromatic nitrogens is 2. The number of hydrogen-bond donors (Lipinski definition) is 0. The van der Waals surface area contributed by atoms with E-state index in [4.69, 9.17) is 14.7 Å². The summed E-state index contributed by atoms with van der Waals surface area (Å²) < 4.78 is 30.0. The number of aryl methyl sites for hydroxylation is 3. The van der Waals surface area contributed by atoms with E-state index in [0.717, 1.165) is 61.3 Å². The number of nitrogens with zero attached hydrogens (tertiary/aromatic N) is 3. The summed E-state index contributed by atoms with van der Waals surface area (Å²) in [5.41, 5.74) is 6.26. The Bertz CT molecular complexity index is 1240. The third kappa shape index (κ3) is 6.44. The van der Waals surface area contributed by atoms with Gasteiger partial charge < -0.3 is 9.64 Å². The van der Waals surface area contributed by atoms with Crippen LogP contribution in [-0.2, 0) is 29.3 Å². The first-order valence-corrected chi connectivity index (χ1v) is 14.8. The molecule has 0 aliphatic heterocycles. The van der Waals surface area contributed by atoms with E-state index in [1.165, 1.54) is 17.4 Å². The molecule has 36 heavy (non-hydrogen) atoms. The maximum atomic E-state index is 11.8. The lowest BCUT2D eigenvalue weighted by Crippen LogP contribution is -2.27. The van der Waals surface area contributed by atoms with Gasteiger partial charge in [-0.25, -0.2) is 13.4 Å². The summed E-state index contributed by atoms with van der Waals surface area (Å²) in [6, 6.07) is 13.2. The molecular formula is C29H39N3O3S. The number of benzene rings is 2. The van der Waals surface area contributed by atoms with E-state index in [-0.39, 0.29) is 6.61 Å². The van der Waals surface area contributed by atoms with Gasteiger partial charge in [-0.05, 0) is 61.4 Å². The van der Waals surface area contributed by atoms with Crippen LogP contribution in [0, 0.1) is 6.92 Å². The molecule has 0 fully saturated rings. The van der Waals surface area contributed by atoms with Crippen LogP contribution in [0.1, 0.15) is 62.9 Å². The van der Waals surface area contributed by atoms with E-state index in [1.807, 2.05) is 6.92 Å². The average molecular weight is 510 g/mol. The van der Waals surface area contributed by atoms with Gasteiger partial charge in [0.1, 0.15) is 12.3 Å². The molecule has 194 valence electrons. The van der Waals surface area contributed by atoms with Crippen LogP contribution in [-0.4, -0.2) is 37.7 Å². The van der Waals surface area contributed by atoms with Gasteiger partial charge in [-0.15, -0.1) is 0 Å². The predicted octanol–water partition coefficient (Wildman–Crippen LogP) is 6.19. The number of anilines is 1. The Hall–Kier alpha value is -2.93. The third-order valence-electron chi connectivity index (χ3n) is 6.28. The monoisotopic (exact) mass is 509 g/mol. The average Bonchev–Trinajstić information content (AvgIpc) is 2.86. The quantitative estimate of drug-likeness (QED) is 0.290. The van der Waals surface area contributed by atoms with E-state index in [0.29, 0.717) is 16.6 Å². The highest BCUT2D eigenvalue weighted by atomic mass is 32.2. The van der Waals surface area contributed by atoms with Crippen LogP contribution < -0.4 is 9.64 Å². The number of sulfone groups is 1. The molecule has 0 atom stereocenters. The summed E-state index contributed by atoms with van der Waals surface area (Å²) in [4.78, 5) is 12.6. The van der Waals surface area contributed by atoms with Gasteiger partial charge in [0, 0.05) is 24.9 Å². The first kappa shape index (κ1) is 27.7. The fourth-order valence-electron chi connectivity index (χ4n) is 4.51. The minimum absolute atomic E-state index is 0.287. The smallest absolute Gasteiger partial charge is 0.241 e. The van der Waals surface area contributed by atoms with Crippen LogP contribution in [0.5, 0.6) is 5.88 Å². The standard InChI is InChI=1S/C29H39N3O3S/c1-7-18-32(19-8-2)27-21(5)30-28(26-23(9-3)12-11-13-24(26)10-4)31-29(27)35-20-22-14-16-25(17-15-22)36(6,33)34/h11-17H,7-10,18-20H2,1-6H3. The summed E-state index contributed by atoms with van der Waals surface area (Å²) >= 11 is 0. The molecule has 0 saturated carbocycles. The summed E-state index contributed by atoms with van der Waals surface area (Å²) in [6.07, 6.45) is 5.02. The largest absolute Gasteiger partial charge is 0.471 e. The molecule has 0 N–H and O–H groups in total. The molecule has 1 heterocycles. The van der Waals surface area contributed by atoms with Gasteiger partial charge >= 0.3 is 0 Å². The molecule has 6 nitrogen and oxygen atoms in total. The highest BCUT2D eigenvalue weighted by Gasteiger charge is 2.22. The molecule has 0 radical (unpaired) electrons. The molecule has 2 aromatic carbocycles. The van der Waals surface area contributed by atoms with Crippen LogP contribution in [0.2, 0.25) is 0 Å². The minimum Gasteiger partial charge on any atom is -0.471 e. The molecular weight excluding hydrogens is 470 g/mol. The van der Waals surface area contributed by atoms with Crippen molar-refractivity contribution in [1.82, 2.24) is 9.97 Å². The van der Waals surface area contributed by atoms with Crippen molar-refractivity contribution in [3.8, 4) is 17.3 Å². The molecule has 3 rings (SSSR count). The molecule has 1 aromatic heterocycles. The summed E-state index contributed by atoms with van der Waals surface area (Å²) in [5.74, 6) is 1.26. The Kier molecular flexibility index (Phi) is 9.49. The van der Waals surface area contributed by atoms with Gasteiger partial charge in [0.2, 0.25) is 5.88 Å². The second-order valence-corrected chi connectivity index (χ2v) is 11.2. The Morgan fingerprint density at radius 2 is 1.44 bits per heavy atom. The van der Waals surface area contributed by atoms with Crippen molar-refractivity contribution in [1.29, 1.82) is 0 Å². The van der Waals surface area contributed by atoms with Crippen molar-refractivity contribution < 1.29 is 13.2 Å². The summed E-state index contributed by atoms with van der Waals surface area (Å²) in [5, 5.41) is 0. The third-order valence-corrected chi connectivity index (χ3v) is 7.41. The second kappa shape index (κ2) is 12.3. The SMILES string of the molecule is CCCN(CCC)c1c(C)nc(-c2c(CC)cccc2CC)nc1OCc1ccc(S(C)(=O)=O)cc1. The van der Waals surface area contributed by atoms with E-state index in [1.54, 1.807) is 24.3 Å². The fraction of sp³-hybridized carbons (Fsp3) is 0.448. The molecule has 0 aliphatic rings. The van der Waals surface area contributed by atoms with Gasteiger partial charge in [0.15, 0.2) is 15.7 Å². The fourth-order valence-corrected chi connectivity index (χ4v) is 5.14. The van der Waals surface area contributed by atoms with E-state index in [9.17, 15) is 8.42 Å². The van der Waals surface area contributed by atoms with Crippen LogP contribution in [0.25, 0.3) is 11.4 Å². The Morgan fingerprint density at radius 1 is 0.861 bits per heavy atom. The highest BCUT2D eigenvalue weighted by molar-refractivity contribution is 7.90. The van der Waals surface area contributed by atoms with Crippen molar-refractivity contribution in [2.75, 3.05) is 24.2 Å². The van der Waals surface area contributed by atoms with Gasteiger partial charge in [-0.2, -0.15) is 4.98 Å². The zero-order valence-electron chi connectivity index (χ0n) is 22.5. The van der Waals surface area contributed by atoms with Crippen molar-refractivity contribution in [3.63, 3.8) is 0 Å². The van der Waals surface area contributed by atoms with Crippen LogP contribution in [0.15, 0.2) is 47.4 Å². The molecule has 3 aromatic rings. The van der Waals surface area contributed by atoms with Gasteiger partial charge in [0.05, 0.1) is 10.6 Å². The van der Waals surface area contributed by atoms with Crippen LogP contribution in [0.3, 0.4) is 0 Å².